The molecule has 1 aromatic heterocycles. The molecule has 2 rings (SSSR count). The minimum atomic E-state index is -4.39. The van der Waals surface area contributed by atoms with Gasteiger partial charge in [0.05, 0.1) is 0 Å². The van der Waals surface area contributed by atoms with Crippen molar-refractivity contribution in [3.05, 3.63) is 54.4 Å². The predicted octanol–water partition coefficient (Wildman–Crippen LogP) is 3.73. The van der Waals surface area contributed by atoms with Crippen LogP contribution < -0.4 is 10.1 Å². The van der Waals surface area contributed by atoms with E-state index < -0.39 is 12.8 Å². The Hall–Kier alpha value is -2.77. The standard InChI is InChI=1S/C17H18F3N3O2/c1-23(11-9-13-4-2-3-10-21-13)16(24)22-14-5-7-15(8-6-14)25-12-17(18,19)20/h2-8,10H,9,11-12H2,1H3,(H,22,24). The monoisotopic (exact) mass is 353 g/mol. The van der Waals surface area contributed by atoms with E-state index in [1.54, 1.807) is 13.2 Å². The highest BCUT2D eigenvalue weighted by Crippen LogP contribution is 2.20. The number of carbonyl (C=O) groups is 1. The second-order valence-electron chi connectivity index (χ2n) is 5.35. The molecule has 0 aliphatic rings. The highest BCUT2D eigenvalue weighted by Gasteiger charge is 2.28. The first-order valence-electron chi connectivity index (χ1n) is 7.55. The topological polar surface area (TPSA) is 54.5 Å². The molecule has 0 atom stereocenters. The van der Waals surface area contributed by atoms with Crippen LogP contribution in [-0.4, -0.2) is 42.3 Å². The molecule has 25 heavy (non-hydrogen) atoms. The molecule has 1 N–H and O–H groups in total. The molecule has 1 aromatic carbocycles. The average molecular weight is 353 g/mol. The van der Waals surface area contributed by atoms with Crippen LogP contribution in [0.5, 0.6) is 5.75 Å². The Morgan fingerprint density at radius 1 is 1.20 bits per heavy atom. The fraction of sp³-hybridized carbons (Fsp3) is 0.294. The van der Waals surface area contributed by atoms with Crippen molar-refractivity contribution >= 4 is 11.7 Å². The van der Waals surface area contributed by atoms with Gasteiger partial charge in [0.1, 0.15) is 5.75 Å². The Balaban J connectivity index is 1.81. The summed E-state index contributed by atoms with van der Waals surface area (Å²) >= 11 is 0. The van der Waals surface area contributed by atoms with Gasteiger partial charge in [0.2, 0.25) is 0 Å². The molecular weight excluding hydrogens is 335 g/mol. The lowest BCUT2D eigenvalue weighted by Crippen LogP contribution is -2.33. The number of aromatic nitrogens is 1. The van der Waals surface area contributed by atoms with Gasteiger partial charge in [-0.25, -0.2) is 4.79 Å². The van der Waals surface area contributed by atoms with Crippen LogP contribution in [0.2, 0.25) is 0 Å². The third-order valence-electron chi connectivity index (χ3n) is 3.28. The van der Waals surface area contributed by atoms with Gasteiger partial charge in [0, 0.05) is 37.6 Å². The summed E-state index contributed by atoms with van der Waals surface area (Å²) in [5, 5.41) is 2.67. The van der Waals surface area contributed by atoms with Crippen LogP contribution in [-0.2, 0) is 6.42 Å². The number of pyridine rings is 1. The van der Waals surface area contributed by atoms with Crippen molar-refractivity contribution in [2.24, 2.45) is 0 Å². The third kappa shape index (κ3) is 6.70. The van der Waals surface area contributed by atoms with Gasteiger partial charge < -0.3 is 15.0 Å². The first-order chi connectivity index (χ1) is 11.8. The molecule has 0 bridgehead atoms. The molecule has 2 amide bonds. The van der Waals surface area contributed by atoms with Crippen LogP contribution in [0, 0.1) is 0 Å². The quantitative estimate of drug-likeness (QED) is 0.861. The summed E-state index contributed by atoms with van der Waals surface area (Å²) in [5.74, 6) is 0.0823. The molecule has 1 heterocycles. The summed E-state index contributed by atoms with van der Waals surface area (Å²) in [7, 11) is 1.65. The molecule has 0 aliphatic carbocycles. The van der Waals surface area contributed by atoms with Crippen molar-refractivity contribution in [2.45, 2.75) is 12.6 Å². The number of urea groups is 1. The van der Waals surface area contributed by atoms with Crippen molar-refractivity contribution in [2.75, 3.05) is 25.5 Å². The lowest BCUT2D eigenvalue weighted by atomic mass is 10.2. The van der Waals surface area contributed by atoms with Crippen LogP contribution in [0.1, 0.15) is 5.69 Å². The fourth-order valence-corrected chi connectivity index (χ4v) is 1.95. The van der Waals surface area contributed by atoms with Crippen molar-refractivity contribution in [3.63, 3.8) is 0 Å². The van der Waals surface area contributed by atoms with Crippen molar-refractivity contribution in [1.29, 1.82) is 0 Å². The van der Waals surface area contributed by atoms with Gasteiger partial charge in [-0.05, 0) is 36.4 Å². The number of ether oxygens (including phenoxy) is 1. The Kier molecular flexibility index (Phi) is 6.21. The Bertz CT molecular complexity index is 676. The van der Waals surface area contributed by atoms with Gasteiger partial charge in [0.25, 0.3) is 0 Å². The maximum absolute atomic E-state index is 12.1. The summed E-state index contributed by atoms with van der Waals surface area (Å²) in [6, 6.07) is 11.0. The fourth-order valence-electron chi connectivity index (χ4n) is 1.95. The first-order valence-corrected chi connectivity index (χ1v) is 7.55. The number of nitrogens with zero attached hydrogens (tertiary/aromatic N) is 2. The minimum absolute atomic E-state index is 0.0823. The molecule has 0 unspecified atom stereocenters. The Morgan fingerprint density at radius 2 is 1.92 bits per heavy atom. The van der Waals surface area contributed by atoms with E-state index in [9.17, 15) is 18.0 Å². The van der Waals surface area contributed by atoms with Crippen LogP contribution >= 0.6 is 0 Å². The van der Waals surface area contributed by atoms with E-state index in [4.69, 9.17) is 0 Å². The average Bonchev–Trinajstić information content (AvgIpc) is 2.59. The van der Waals surface area contributed by atoms with E-state index in [1.165, 1.54) is 29.2 Å². The molecule has 2 aromatic rings. The van der Waals surface area contributed by atoms with Crippen LogP contribution in [0.15, 0.2) is 48.7 Å². The Morgan fingerprint density at radius 3 is 2.52 bits per heavy atom. The number of likely N-dealkylation sites (N-methyl/N-ethyl adjacent to an activating group) is 1. The number of amides is 2. The summed E-state index contributed by atoms with van der Waals surface area (Å²) < 4.78 is 40.9. The number of hydrogen-bond acceptors (Lipinski definition) is 3. The zero-order valence-electron chi connectivity index (χ0n) is 13.6. The normalized spacial score (nSPS) is 11.0. The maximum Gasteiger partial charge on any atom is 0.422 e. The second kappa shape index (κ2) is 8.36. The van der Waals surface area contributed by atoms with Gasteiger partial charge in [0.15, 0.2) is 6.61 Å². The van der Waals surface area contributed by atoms with Crippen molar-refractivity contribution in [3.8, 4) is 5.75 Å². The van der Waals surface area contributed by atoms with E-state index in [-0.39, 0.29) is 11.8 Å². The molecule has 0 aliphatic heterocycles. The number of anilines is 1. The highest BCUT2D eigenvalue weighted by molar-refractivity contribution is 5.89. The van der Waals surface area contributed by atoms with Crippen LogP contribution in [0.3, 0.4) is 0 Å². The SMILES string of the molecule is CN(CCc1ccccn1)C(=O)Nc1ccc(OCC(F)(F)F)cc1. The number of carbonyl (C=O) groups excluding carboxylic acids is 1. The molecule has 0 saturated heterocycles. The predicted molar refractivity (Wildman–Crippen MR) is 87.6 cm³/mol. The van der Waals surface area contributed by atoms with E-state index in [0.29, 0.717) is 18.7 Å². The minimum Gasteiger partial charge on any atom is -0.484 e. The molecule has 5 nitrogen and oxygen atoms in total. The summed E-state index contributed by atoms with van der Waals surface area (Å²) in [6.45, 7) is -0.870. The van der Waals surface area contributed by atoms with E-state index in [0.717, 1.165) is 5.69 Å². The zero-order chi connectivity index (χ0) is 18.3. The van der Waals surface area contributed by atoms with Gasteiger partial charge in [-0.1, -0.05) is 6.07 Å². The molecule has 0 radical (unpaired) electrons. The number of alkyl halides is 3. The number of nitrogens with one attached hydrogen (secondary N) is 1. The summed E-state index contributed by atoms with van der Waals surface area (Å²) in [4.78, 5) is 17.8. The van der Waals surface area contributed by atoms with Gasteiger partial charge in [-0.2, -0.15) is 13.2 Å². The molecule has 134 valence electrons. The Labute approximate surface area is 143 Å². The van der Waals surface area contributed by atoms with Crippen molar-refractivity contribution < 1.29 is 22.7 Å². The smallest absolute Gasteiger partial charge is 0.422 e. The van der Waals surface area contributed by atoms with Crippen LogP contribution in [0.4, 0.5) is 23.7 Å². The van der Waals surface area contributed by atoms with E-state index in [2.05, 4.69) is 15.0 Å². The van der Waals surface area contributed by atoms with Gasteiger partial charge in [-0.3, -0.25) is 4.98 Å². The van der Waals surface area contributed by atoms with Crippen molar-refractivity contribution in [1.82, 2.24) is 9.88 Å². The third-order valence-corrected chi connectivity index (χ3v) is 3.28. The van der Waals surface area contributed by atoms with Gasteiger partial charge in [-0.15, -0.1) is 0 Å². The summed E-state index contributed by atoms with van der Waals surface area (Å²) in [5.41, 5.74) is 1.35. The summed E-state index contributed by atoms with van der Waals surface area (Å²) in [6.07, 6.45) is -2.07. The zero-order valence-corrected chi connectivity index (χ0v) is 13.6. The maximum atomic E-state index is 12.1. The number of halogens is 3. The molecule has 8 heteroatoms. The number of benzene rings is 1. The first kappa shape index (κ1) is 18.6. The second-order valence-corrected chi connectivity index (χ2v) is 5.35. The molecule has 0 saturated carbocycles. The number of rotatable bonds is 6. The number of hydrogen-bond donors (Lipinski definition) is 1. The van der Waals surface area contributed by atoms with Gasteiger partial charge >= 0.3 is 12.2 Å². The lowest BCUT2D eigenvalue weighted by Gasteiger charge is -2.18. The van der Waals surface area contributed by atoms with E-state index >= 15 is 0 Å². The lowest BCUT2D eigenvalue weighted by molar-refractivity contribution is -0.153. The van der Waals surface area contributed by atoms with E-state index in [1.807, 2.05) is 18.2 Å². The van der Waals surface area contributed by atoms with Crippen LogP contribution in [0.25, 0.3) is 0 Å². The molecule has 0 spiro atoms. The molecular formula is C17H18F3N3O2. The highest BCUT2D eigenvalue weighted by atomic mass is 19.4. The largest absolute Gasteiger partial charge is 0.484 e. The molecule has 0 fully saturated rings.